The predicted molar refractivity (Wildman–Crippen MR) is 116 cm³/mol. The van der Waals surface area contributed by atoms with Crippen LogP contribution in [0.1, 0.15) is 25.5 Å². The molecule has 32 heavy (non-hydrogen) atoms. The second kappa shape index (κ2) is 8.50. The highest BCUT2D eigenvalue weighted by atomic mass is 16.6. The van der Waals surface area contributed by atoms with Gasteiger partial charge in [-0.1, -0.05) is 12.1 Å². The number of ether oxygens (including phenoxy) is 2. The summed E-state index contributed by atoms with van der Waals surface area (Å²) in [5.74, 6) is 0.879. The number of allylic oxidation sites excluding steroid dienone is 1. The van der Waals surface area contributed by atoms with Crippen molar-refractivity contribution in [1.29, 1.82) is 0 Å². The Kier molecular flexibility index (Phi) is 5.59. The molecule has 2 aromatic carbocycles. The van der Waals surface area contributed by atoms with Crippen molar-refractivity contribution in [2.75, 3.05) is 19.0 Å². The van der Waals surface area contributed by atoms with Gasteiger partial charge >= 0.3 is 5.97 Å². The van der Waals surface area contributed by atoms with Crippen LogP contribution in [0.2, 0.25) is 0 Å². The van der Waals surface area contributed by atoms with Gasteiger partial charge in [0.25, 0.3) is 5.69 Å². The van der Waals surface area contributed by atoms with Gasteiger partial charge in [-0.2, -0.15) is 4.98 Å². The van der Waals surface area contributed by atoms with Crippen LogP contribution in [0.5, 0.6) is 5.75 Å². The molecule has 3 aromatic rings. The first-order chi connectivity index (χ1) is 15.4. The van der Waals surface area contributed by atoms with Crippen LogP contribution >= 0.6 is 0 Å². The number of carbonyl (C=O) groups excluding carboxylic acids is 1. The van der Waals surface area contributed by atoms with Gasteiger partial charge in [0, 0.05) is 17.3 Å². The molecule has 2 heterocycles. The van der Waals surface area contributed by atoms with Crippen LogP contribution in [-0.2, 0) is 9.53 Å². The molecule has 0 aliphatic carbocycles. The SMILES string of the molecule is CCOC(=O)C1=C(C)Nc2nc(-c3ccc(OC)cc3)nn2C1c1ccccc1[N+](=O)[O-]. The van der Waals surface area contributed by atoms with Crippen LogP contribution < -0.4 is 10.1 Å². The zero-order chi connectivity index (χ0) is 22.8. The van der Waals surface area contributed by atoms with E-state index in [-0.39, 0.29) is 17.9 Å². The van der Waals surface area contributed by atoms with Crippen molar-refractivity contribution in [2.24, 2.45) is 0 Å². The topological polar surface area (TPSA) is 121 Å². The maximum Gasteiger partial charge on any atom is 0.338 e. The molecule has 1 aliphatic rings. The fourth-order valence-corrected chi connectivity index (χ4v) is 3.66. The van der Waals surface area contributed by atoms with Crippen molar-refractivity contribution in [3.05, 3.63) is 75.5 Å². The first-order valence-corrected chi connectivity index (χ1v) is 9.93. The first kappa shape index (κ1) is 21.0. The Morgan fingerprint density at radius 3 is 2.59 bits per heavy atom. The number of para-hydroxylation sites is 1. The van der Waals surface area contributed by atoms with E-state index < -0.39 is 16.9 Å². The third-order valence-corrected chi connectivity index (χ3v) is 5.12. The van der Waals surface area contributed by atoms with Crippen molar-refractivity contribution in [3.63, 3.8) is 0 Å². The number of carbonyl (C=O) groups is 1. The number of rotatable bonds is 6. The summed E-state index contributed by atoms with van der Waals surface area (Å²) < 4.78 is 11.9. The number of methoxy groups -OCH3 is 1. The van der Waals surface area contributed by atoms with Gasteiger partial charge in [-0.15, -0.1) is 5.10 Å². The Morgan fingerprint density at radius 1 is 1.22 bits per heavy atom. The highest BCUT2D eigenvalue weighted by Gasteiger charge is 2.38. The van der Waals surface area contributed by atoms with Gasteiger partial charge in [-0.05, 0) is 44.2 Å². The molecule has 1 aliphatic heterocycles. The third kappa shape index (κ3) is 3.66. The molecule has 4 rings (SSSR count). The second-order valence-electron chi connectivity index (χ2n) is 7.03. The number of fused-ring (bicyclic) bond motifs is 1. The molecule has 1 aromatic heterocycles. The lowest BCUT2D eigenvalue weighted by Crippen LogP contribution is -2.30. The van der Waals surface area contributed by atoms with Gasteiger partial charge in [-0.25, -0.2) is 9.48 Å². The molecule has 1 atom stereocenters. The van der Waals surface area contributed by atoms with E-state index in [1.54, 1.807) is 51.3 Å². The summed E-state index contributed by atoms with van der Waals surface area (Å²) in [5, 5.41) is 19.4. The van der Waals surface area contributed by atoms with E-state index in [9.17, 15) is 14.9 Å². The predicted octanol–water partition coefficient (Wildman–Crippen LogP) is 3.71. The largest absolute Gasteiger partial charge is 0.497 e. The smallest absolute Gasteiger partial charge is 0.338 e. The van der Waals surface area contributed by atoms with Crippen LogP contribution in [0.25, 0.3) is 11.4 Å². The molecule has 1 unspecified atom stereocenters. The highest BCUT2D eigenvalue weighted by molar-refractivity contribution is 5.92. The van der Waals surface area contributed by atoms with Crippen molar-refractivity contribution in [3.8, 4) is 17.1 Å². The molecular weight excluding hydrogens is 414 g/mol. The van der Waals surface area contributed by atoms with E-state index in [1.165, 1.54) is 10.7 Å². The lowest BCUT2D eigenvalue weighted by molar-refractivity contribution is -0.385. The molecule has 0 fully saturated rings. The maximum absolute atomic E-state index is 12.9. The number of anilines is 1. The van der Waals surface area contributed by atoms with E-state index >= 15 is 0 Å². The van der Waals surface area contributed by atoms with Crippen molar-refractivity contribution < 1.29 is 19.2 Å². The van der Waals surface area contributed by atoms with E-state index in [2.05, 4.69) is 15.4 Å². The van der Waals surface area contributed by atoms with E-state index in [0.717, 1.165) is 5.56 Å². The van der Waals surface area contributed by atoms with Crippen LogP contribution in [0.15, 0.2) is 59.8 Å². The minimum absolute atomic E-state index is 0.124. The van der Waals surface area contributed by atoms with Gasteiger partial charge < -0.3 is 14.8 Å². The molecule has 1 N–H and O–H groups in total. The Hall–Kier alpha value is -4.21. The quantitative estimate of drug-likeness (QED) is 0.353. The number of benzene rings is 2. The summed E-state index contributed by atoms with van der Waals surface area (Å²) >= 11 is 0. The summed E-state index contributed by atoms with van der Waals surface area (Å²) in [6.45, 7) is 3.58. The molecule has 0 spiro atoms. The summed E-state index contributed by atoms with van der Waals surface area (Å²) in [7, 11) is 1.58. The zero-order valence-corrected chi connectivity index (χ0v) is 17.7. The minimum Gasteiger partial charge on any atom is -0.497 e. The lowest BCUT2D eigenvalue weighted by Gasteiger charge is -2.27. The number of nitrogens with zero attached hydrogens (tertiary/aromatic N) is 4. The number of aromatic nitrogens is 3. The van der Waals surface area contributed by atoms with Crippen LogP contribution in [0, 0.1) is 10.1 Å². The molecule has 10 heteroatoms. The van der Waals surface area contributed by atoms with E-state index in [4.69, 9.17) is 9.47 Å². The van der Waals surface area contributed by atoms with Gasteiger partial charge in [-0.3, -0.25) is 10.1 Å². The van der Waals surface area contributed by atoms with Gasteiger partial charge in [0.05, 0.1) is 29.8 Å². The van der Waals surface area contributed by atoms with Crippen LogP contribution in [-0.4, -0.2) is 39.4 Å². The fraction of sp³-hybridized carbons (Fsp3) is 0.227. The number of nitrogens with one attached hydrogen (secondary N) is 1. The molecule has 0 amide bonds. The summed E-state index contributed by atoms with van der Waals surface area (Å²) in [6.07, 6.45) is 0. The number of esters is 1. The molecule has 0 bridgehead atoms. The third-order valence-electron chi connectivity index (χ3n) is 5.12. The highest BCUT2D eigenvalue weighted by Crippen LogP contribution is 2.40. The molecule has 0 radical (unpaired) electrons. The Balaban J connectivity index is 1.89. The summed E-state index contributed by atoms with van der Waals surface area (Å²) in [5.41, 5.74) is 1.65. The van der Waals surface area contributed by atoms with Crippen molar-refractivity contribution in [1.82, 2.24) is 14.8 Å². The average molecular weight is 435 g/mol. The normalized spacial score (nSPS) is 15.0. The van der Waals surface area contributed by atoms with Crippen LogP contribution in [0.3, 0.4) is 0 Å². The minimum atomic E-state index is -0.883. The average Bonchev–Trinajstić information content (AvgIpc) is 3.21. The van der Waals surface area contributed by atoms with E-state index in [0.29, 0.717) is 28.8 Å². The number of hydrogen-bond donors (Lipinski definition) is 1. The van der Waals surface area contributed by atoms with Gasteiger partial charge in [0.2, 0.25) is 5.95 Å². The molecule has 164 valence electrons. The van der Waals surface area contributed by atoms with E-state index in [1.807, 2.05) is 12.1 Å². The van der Waals surface area contributed by atoms with Crippen molar-refractivity contribution in [2.45, 2.75) is 19.9 Å². The molecule has 0 saturated heterocycles. The Morgan fingerprint density at radius 2 is 1.94 bits per heavy atom. The number of nitro benzene ring substituents is 1. The number of hydrogen-bond acceptors (Lipinski definition) is 8. The Labute approximate surface area is 183 Å². The lowest BCUT2D eigenvalue weighted by atomic mass is 9.94. The second-order valence-corrected chi connectivity index (χ2v) is 7.03. The standard InChI is InChI=1S/C22H21N5O5/c1-4-32-21(28)18-13(2)23-22-24-20(14-9-11-15(31-3)12-10-14)25-26(22)19(18)16-7-5-6-8-17(16)27(29)30/h5-12,19H,4H2,1-3H3,(H,23,24,25). The Bertz CT molecular complexity index is 1220. The molecular formula is C22H21N5O5. The van der Waals surface area contributed by atoms with Crippen LogP contribution in [0.4, 0.5) is 11.6 Å². The fourth-order valence-electron chi connectivity index (χ4n) is 3.66. The molecule has 0 saturated carbocycles. The first-order valence-electron chi connectivity index (χ1n) is 9.93. The monoisotopic (exact) mass is 435 g/mol. The van der Waals surface area contributed by atoms with Gasteiger partial charge in [0.1, 0.15) is 11.8 Å². The van der Waals surface area contributed by atoms with Gasteiger partial charge in [0.15, 0.2) is 5.82 Å². The van der Waals surface area contributed by atoms with Crippen molar-refractivity contribution >= 4 is 17.6 Å². The number of nitro groups is 1. The molecule has 10 nitrogen and oxygen atoms in total. The maximum atomic E-state index is 12.9. The zero-order valence-electron chi connectivity index (χ0n) is 17.7. The summed E-state index contributed by atoms with van der Waals surface area (Å²) in [4.78, 5) is 28.7. The summed E-state index contributed by atoms with van der Waals surface area (Å²) in [6, 6.07) is 12.6.